The van der Waals surface area contributed by atoms with Gasteiger partial charge in [0.05, 0.1) is 17.5 Å². The van der Waals surface area contributed by atoms with Crippen LogP contribution >= 0.6 is 0 Å². The van der Waals surface area contributed by atoms with E-state index in [0.29, 0.717) is 49.3 Å². The molecule has 1 aromatic heterocycles. The molecule has 0 atom stereocenters. The van der Waals surface area contributed by atoms with Crippen molar-refractivity contribution < 1.29 is 18.8 Å². The van der Waals surface area contributed by atoms with Gasteiger partial charge in [-0.1, -0.05) is 23.8 Å². The lowest BCUT2D eigenvalue weighted by Crippen LogP contribution is -2.51. The molecule has 1 aliphatic rings. The van der Waals surface area contributed by atoms with Gasteiger partial charge in [-0.2, -0.15) is 0 Å². The summed E-state index contributed by atoms with van der Waals surface area (Å²) < 4.78 is 5.59. The maximum absolute atomic E-state index is 12.8. The molecule has 2 heterocycles. The number of rotatable bonds is 8. The van der Waals surface area contributed by atoms with E-state index in [-0.39, 0.29) is 29.5 Å². The molecule has 0 radical (unpaired) electrons. The third kappa shape index (κ3) is 6.38. The molecule has 2 aromatic carbocycles. The van der Waals surface area contributed by atoms with Crippen LogP contribution in [0.5, 0.6) is 0 Å². The van der Waals surface area contributed by atoms with Gasteiger partial charge in [-0.3, -0.25) is 19.2 Å². The van der Waals surface area contributed by atoms with Gasteiger partial charge in [-0.25, -0.2) is 0 Å². The lowest BCUT2D eigenvalue weighted by molar-refractivity contribution is -0.130. The van der Waals surface area contributed by atoms with Crippen molar-refractivity contribution in [2.75, 3.05) is 64.8 Å². The van der Waals surface area contributed by atoms with Crippen molar-refractivity contribution >= 4 is 34.4 Å². The Kier molecular flexibility index (Phi) is 8.42. The first-order chi connectivity index (χ1) is 18.2. The van der Waals surface area contributed by atoms with Crippen molar-refractivity contribution in [2.24, 2.45) is 0 Å². The fourth-order valence-electron chi connectivity index (χ4n) is 4.36. The highest BCUT2D eigenvalue weighted by Crippen LogP contribution is 2.22. The Morgan fingerprint density at radius 2 is 1.68 bits per heavy atom. The molecule has 1 saturated heterocycles. The number of carbonyl (C=O) groups is 3. The van der Waals surface area contributed by atoms with E-state index < -0.39 is 5.91 Å². The first kappa shape index (κ1) is 26.9. The van der Waals surface area contributed by atoms with Gasteiger partial charge in [-0.05, 0) is 45.3 Å². The van der Waals surface area contributed by atoms with Crippen LogP contribution in [-0.2, 0) is 4.79 Å². The van der Waals surface area contributed by atoms with Gasteiger partial charge in [0.2, 0.25) is 5.91 Å². The average Bonchev–Trinajstić information content (AvgIpc) is 2.91. The average molecular weight is 520 g/mol. The molecule has 3 amide bonds. The molecule has 0 saturated carbocycles. The number of amides is 3. The van der Waals surface area contributed by atoms with Crippen molar-refractivity contribution in [3.05, 3.63) is 75.6 Å². The minimum Gasteiger partial charge on any atom is -0.451 e. The van der Waals surface area contributed by atoms with Crippen LogP contribution in [0.25, 0.3) is 11.0 Å². The molecule has 0 bridgehead atoms. The second kappa shape index (κ2) is 11.9. The van der Waals surface area contributed by atoms with Gasteiger partial charge in [0.25, 0.3) is 11.8 Å². The topological polar surface area (TPSA) is 115 Å². The van der Waals surface area contributed by atoms with Crippen molar-refractivity contribution in [1.82, 2.24) is 20.4 Å². The van der Waals surface area contributed by atoms with E-state index in [9.17, 15) is 19.2 Å². The molecular weight excluding hydrogens is 486 g/mol. The zero-order valence-electron chi connectivity index (χ0n) is 22.0. The Bertz CT molecular complexity index is 1390. The van der Waals surface area contributed by atoms with E-state index in [2.05, 4.69) is 15.5 Å². The fourth-order valence-corrected chi connectivity index (χ4v) is 4.36. The molecule has 10 heteroatoms. The molecule has 200 valence electrons. The largest absolute Gasteiger partial charge is 0.451 e. The molecule has 10 nitrogen and oxygen atoms in total. The minimum atomic E-state index is -0.620. The van der Waals surface area contributed by atoms with Crippen molar-refractivity contribution in [1.29, 1.82) is 0 Å². The maximum atomic E-state index is 12.8. The second-order valence-electron chi connectivity index (χ2n) is 9.60. The third-order valence-corrected chi connectivity index (χ3v) is 6.47. The van der Waals surface area contributed by atoms with Crippen LogP contribution in [0.4, 0.5) is 5.69 Å². The molecular formula is C28H33N5O5. The van der Waals surface area contributed by atoms with Crippen LogP contribution < -0.4 is 21.0 Å². The third-order valence-electron chi connectivity index (χ3n) is 6.47. The maximum Gasteiger partial charge on any atom is 0.287 e. The van der Waals surface area contributed by atoms with Gasteiger partial charge >= 0.3 is 0 Å². The highest BCUT2D eigenvalue weighted by atomic mass is 16.3. The molecule has 38 heavy (non-hydrogen) atoms. The predicted octanol–water partition coefficient (Wildman–Crippen LogP) is 1.47. The first-order valence-electron chi connectivity index (χ1n) is 12.6. The van der Waals surface area contributed by atoms with Gasteiger partial charge in [0, 0.05) is 51.0 Å². The summed E-state index contributed by atoms with van der Waals surface area (Å²) in [6.45, 7) is 4.98. The summed E-state index contributed by atoms with van der Waals surface area (Å²) in [4.78, 5) is 56.3. The quantitative estimate of drug-likeness (QED) is 0.463. The van der Waals surface area contributed by atoms with E-state index in [1.165, 1.54) is 0 Å². The van der Waals surface area contributed by atoms with Gasteiger partial charge in [-0.15, -0.1) is 0 Å². The van der Waals surface area contributed by atoms with Crippen LogP contribution in [0, 0.1) is 6.92 Å². The number of nitrogens with one attached hydrogen (secondary N) is 2. The number of piperazine rings is 1. The van der Waals surface area contributed by atoms with Crippen LogP contribution in [-0.4, -0.2) is 87.4 Å². The number of fused-ring (bicyclic) bond motifs is 1. The summed E-state index contributed by atoms with van der Waals surface area (Å²) in [5.41, 5.74) is 2.36. The normalized spacial score (nSPS) is 13.6. The molecule has 0 aliphatic carbocycles. The molecule has 0 unspecified atom stereocenters. The summed E-state index contributed by atoms with van der Waals surface area (Å²) >= 11 is 0. The van der Waals surface area contributed by atoms with Crippen LogP contribution in [0.3, 0.4) is 0 Å². The summed E-state index contributed by atoms with van der Waals surface area (Å²) in [7, 11) is 3.90. The standard InChI is InChI=1S/C28H33N5O5/c1-19-8-9-24-21(16-19)23(34)17-25(38-24)28(37)30-18-26(35)33-14-12-32(13-15-33)22-7-5-4-6-20(22)27(36)29-10-11-31(2)3/h4-9,16-17H,10-15,18H2,1-3H3,(H,29,36)(H,30,37). The van der Waals surface area contributed by atoms with Gasteiger partial charge in [0.1, 0.15) is 5.58 Å². The molecule has 2 N–H and O–H groups in total. The number of benzene rings is 2. The number of aryl methyl sites for hydroxylation is 1. The number of likely N-dealkylation sites (N-methyl/N-ethyl adjacent to an activating group) is 1. The number of nitrogens with zero attached hydrogens (tertiary/aromatic N) is 3. The fraction of sp³-hybridized carbons (Fsp3) is 0.357. The zero-order valence-corrected chi connectivity index (χ0v) is 22.0. The highest BCUT2D eigenvalue weighted by molar-refractivity contribution is 6.00. The molecule has 4 rings (SSSR count). The van der Waals surface area contributed by atoms with E-state index in [4.69, 9.17) is 4.42 Å². The van der Waals surface area contributed by atoms with Gasteiger partial charge in [0.15, 0.2) is 11.2 Å². The Balaban J connectivity index is 1.31. The monoisotopic (exact) mass is 519 g/mol. The molecule has 0 spiro atoms. The number of hydrogen-bond donors (Lipinski definition) is 2. The van der Waals surface area contributed by atoms with Crippen molar-refractivity contribution in [3.63, 3.8) is 0 Å². The van der Waals surface area contributed by atoms with Crippen LogP contribution in [0.2, 0.25) is 0 Å². The minimum absolute atomic E-state index is 0.126. The molecule has 1 aliphatic heterocycles. The lowest BCUT2D eigenvalue weighted by atomic mass is 10.1. The van der Waals surface area contributed by atoms with Crippen molar-refractivity contribution in [2.45, 2.75) is 6.92 Å². The lowest BCUT2D eigenvalue weighted by Gasteiger charge is -2.37. The molecule has 3 aromatic rings. The van der Waals surface area contributed by atoms with E-state index in [1.807, 2.05) is 44.1 Å². The zero-order chi connectivity index (χ0) is 27.2. The first-order valence-corrected chi connectivity index (χ1v) is 12.6. The number of para-hydroxylation sites is 1. The highest BCUT2D eigenvalue weighted by Gasteiger charge is 2.24. The van der Waals surface area contributed by atoms with Crippen molar-refractivity contribution in [3.8, 4) is 0 Å². The van der Waals surface area contributed by atoms with E-state index in [1.54, 1.807) is 29.2 Å². The number of carbonyl (C=O) groups excluding carboxylic acids is 3. The summed E-state index contributed by atoms with van der Waals surface area (Å²) in [6.07, 6.45) is 0. The van der Waals surface area contributed by atoms with E-state index >= 15 is 0 Å². The Labute approximate surface area is 221 Å². The number of hydrogen-bond acceptors (Lipinski definition) is 7. The summed E-state index contributed by atoms with van der Waals surface area (Å²) in [6, 6.07) is 13.8. The predicted molar refractivity (Wildman–Crippen MR) is 146 cm³/mol. The Morgan fingerprint density at radius 1 is 0.947 bits per heavy atom. The Morgan fingerprint density at radius 3 is 2.42 bits per heavy atom. The summed E-state index contributed by atoms with van der Waals surface area (Å²) in [5, 5.41) is 5.92. The molecule has 1 fully saturated rings. The van der Waals surface area contributed by atoms with Crippen LogP contribution in [0.1, 0.15) is 26.5 Å². The smallest absolute Gasteiger partial charge is 0.287 e. The summed E-state index contributed by atoms with van der Waals surface area (Å²) in [5.74, 6) is -1.11. The SMILES string of the molecule is Cc1ccc2oc(C(=O)NCC(=O)N3CCN(c4ccccc4C(=O)NCCN(C)C)CC3)cc(=O)c2c1. The number of anilines is 1. The van der Waals surface area contributed by atoms with Crippen LogP contribution in [0.15, 0.2) is 57.7 Å². The Hall–Kier alpha value is -4.18. The second-order valence-corrected chi connectivity index (χ2v) is 9.60. The van der Waals surface area contributed by atoms with E-state index in [0.717, 1.165) is 23.9 Å². The van der Waals surface area contributed by atoms with Gasteiger partial charge < -0.3 is 29.8 Å².